The summed E-state index contributed by atoms with van der Waals surface area (Å²) in [6.45, 7) is 1.12. The smallest absolute Gasteiger partial charge is 0.126 e. The van der Waals surface area contributed by atoms with E-state index in [-0.39, 0.29) is 5.82 Å². The highest BCUT2D eigenvalue weighted by molar-refractivity contribution is 7.99. The number of halogens is 1. The first kappa shape index (κ1) is 13.8. The van der Waals surface area contributed by atoms with Gasteiger partial charge in [-0.15, -0.1) is 0 Å². The van der Waals surface area contributed by atoms with Crippen molar-refractivity contribution in [1.29, 1.82) is 0 Å². The normalized spacial score (nSPS) is 22.9. The summed E-state index contributed by atoms with van der Waals surface area (Å²) in [4.78, 5) is 2.39. The molecule has 1 aliphatic rings. The van der Waals surface area contributed by atoms with Crippen LogP contribution in [0.25, 0.3) is 0 Å². The molecule has 0 amide bonds. The molecule has 1 aliphatic heterocycles. The molecule has 1 N–H and O–H groups in total. The highest BCUT2D eigenvalue weighted by atomic mass is 32.2. The van der Waals surface area contributed by atoms with Gasteiger partial charge in [-0.1, -0.05) is 18.2 Å². The van der Waals surface area contributed by atoms with Gasteiger partial charge in [-0.25, -0.2) is 4.39 Å². The summed E-state index contributed by atoms with van der Waals surface area (Å²) in [5.41, 5.74) is 0.806. The second-order valence-corrected chi connectivity index (χ2v) is 5.96. The largest absolute Gasteiger partial charge is 0.315 e. The van der Waals surface area contributed by atoms with Crippen molar-refractivity contribution in [2.45, 2.75) is 18.5 Å². The molecule has 0 aliphatic carbocycles. The quantitative estimate of drug-likeness (QED) is 0.899. The lowest BCUT2D eigenvalue weighted by atomic mass is 9.99. The Morgan fingerprint density at radius 3 is 2.94 bits per heavy atom. The lowest BCUT2D eigenvalue weighted by Gasteiger charge is -2.37. The summed E-state index contributed by atoms with van der Waals surface area (Å²) in [6.07, 6.45) is 0.749. The van der Waals surface area contributed by atoms with Gasteiger partial charge in [-0.3, -0.25) is 0 Å². The van der Waals surface area contributed by atoms with Crippen molar-refractivity contribution in [3.63, 3.8) is 0 Å². The van der Waals surface area contributed by atoms with Crippen molar-refractivity contribution in [2.75, 3.05) is 32.1 Å². The number of hydrogen-bond donors (Lipinski definition) is 1. The second-order valence-electron chi connectivity index (χ2n) is 4.81. The Balaban J connectivity index is 2.07. The third-order valence-electron chi connectivity index (χ3n) is 3.68. The summed E-state index contributed by atoms with van der Waals surface area (Å²) in [6, 6.07) is 7.87. The molecule has 1 aromatic rings. The van der Waals surface area contributed by atoms with Crippen LogP contribution >= 0.6 is 11.8 Å². The molecule has 1 heterocycles. The molecule has 1 saturated heterocycles. The Kier molecular flexibility index (Phi) is 5.03. The van der Waals surface area contributed by atoms with Crippen LogP contribution in [0.1, 0.15) is 5.56 Å². The number of rotatable bonds is 4. The first-order valence-corrected chi connectivity index (χ1v) is 7.56. The van der Waals surface area contributed by atoms with Gasteiger partial charge >= 0.3 is 0 Å². The van der Waals surface area contributed by atoms with E-state index in [1.807, 2.05) is 30.9 Å². The fourth-order valence-corrected chi connectivity index (χ4v) is 3.77. The summed E-state index contributed by atoms with van der Waals surface area (Å²) in [7, 11) is 4.13. The molecular weight excluding hydrogens is 247 g/mol. The number of nitrogens with zero attached hydrogens (tertiary/aromatic N) is 1. The predicted octanol–water partition coefficient (Wildman–Crippen LogP) is 2.00. The molecule has 1 aromatic carbocycles. The van der Waals surface area contributed by atoms with Crippen LogP contribution in [-0.4, -0.2) is 49.1 Å². The topological polar surface area (TPSA) is 15.3 Å². The predicted molar refractivity (Wildman–Crippen MR) is 76.7 cm³/mol. The van der Waals surface area contributed by atoms with Gasteiger partial charge in [0.05, 0.1) is 0 Å². The fourth-order valence-electron chi connectivity index (χ4n) is 2.46. The van der Waals surface area contributed by atoms with Crippen LogP contribution in [-0.2, 0) is 6.42 Å². The molecule has 0 radical (unpaired) electrons. The van der Waals surface area contributed by atoms with E-state index in [9.17, 15) is 4.39 Å². The molecule has 0 bridgehead atoms. The molecular formula is C14H21FN2S. The molecule has 0 spiro atoms. The number of hydrogen-bond acceptors (Lipinski definition) is 3. The minimum absolute atomic E-state index is 0.0936. The van der Waals surface area contributed by atoms with Crippen LogP contribution in [0, 0.1) is 5.82 Å². The van der Waals surface area contributed by atoms with Gasteiger partial charge in [0.25, 0.3) is 0 Å². The molecule has 100 valence electrons. The molecule has 0 saturated carbocycles. The van der Waals surface area contributed by atoms with E-state index in [0.29, 0.717) is 12.1 Å². The lowest BCUT2D eigenvalue weighted by Crippen LogP contribution is -2.52. The average molecular weight is 268 g/mol. The Hall–Kier alpha value is -0.580. The zero-order chi connectivity index (χ0) is 13.0. The maximum Gasteiger partial charge on any atom is 0.126 e. The lowest BCUT2D eigenvalue weighted by molar-refractivity contribution is 0.218. The Morgan fingerprint density at radius 1 is 1.50 bits per heavy atom. The highest BCUT2D eigenvalue weighted by Gasteiger charge is 2.27. The Morgan fingerprint density at radius 2 is 2.28 bits per heavy atom. The van der Waals surface area contributed by atoms with E-state index < -0.39 is 0 Å². The van der Waals surface area contributed by atoms with Gasteiger partial charge in [-0.05, 0) is 32.1 Å². The number of thioether (sulfide) groups is 1. The maximum absolute atomic E-state index is 13.7. The SMILES string of the molecule is CNC(Cc1ccccc1F)C1CSCCN1C. The molecule has 2 unspecified atom stereocenters. The average Bonchev–Trinajstić information content (AvgIpc) is 2.39. The zero-order valence-corrected chi connectivity index (χ0v) is 11.8. The number of benzene rings is 1. The van der Waals surface area contributed by atoms with Gasteiger partial charge in [-0.2, -0.15) is 11.8 Å². The summed E-state index contributed by atoms with van der Waals surface area (Å²) in [5, 5.41) is 3.36. The van der Waals surface area contributed by atoms with Crippen LogP contribution in [0.15, 0.2) is 24.3 Å². The van der Waals surface area contributed by atoms with E-state index in [1.165, 1.54) is 5.75 Å². The van der Waals surface area contributed by atoms with Crippen LogP contribution < -0.4 is 5.32 Å². The van der Waals surface area contributed by atoms with Gasteiger partial charge in [0, 0.05) is 30.1 Å². The van der Waals surface area contributed by atoms with Crippen molar-refractivity contribution in [3.05, 3.63) is 35.6 Å². The molecule has 2 atom stereocenters. The number of nitrogens with one attached hydrogen (secondary N) is 1. The minimum atomic E-state index is -0.0936. The first-order chi connectivity index (χ1) is 8.72. The van der Waals surface area contributed by atoms with Crippen LogP contribution in [0.3, 0.4) is 0 Å². The van der Waals surface area contributed by atoms with E-state index in [0.717, 1.165) is 24.3 Å². The maximum atomic E-state index is 13.7. The standard InChI is InChI=1S/C14H21FN2S/c1-16-13(14-10-18-8-7-17(14)2)9-11-5-3-4-6-12(11)15/h3-6,13-14,16H,7-10H2,1-2H3. The first-order valence-electron chi connectivity index (χ1n) is 6.41. The van der Waals surface area contributed by atoms with Crippen LogP contribution in [0.2, 0.25) is 0 Å². The van der Waals surface area contributed by atoms with Crippen molar-refractivity contribution < 1.29 is 4.39 Å². The zero-order valence-electron chi connectivity index (χ0n) is 11.0. The molecule has 18 heavy (non-hydrogen) atoms. The summed E-state index contributed by atoms with van der Waals surface area (Å²) in [5.74, 6) is 2.23. The van der Waals surface area contributed by atoms with Crippen molar-refractivity contribution in [3.8, 4) is 0 Å². The highest BCUT2D eigenvalue weighted by Crippen LogP contribution is 2.20. The van der Waals surface area contributed by atoms with Crippen molar-refractivity contribution in [1.82, 2.24) is 10.2 Å². The van der Waals surface area contributed by atoms with Crippen LogP contribution in [0.5, 0.6) is 0 Å². The third-order valence-corrected chi connectivity index (χ3v) is 4.72. The van der Waals surface area contributed by atoms with Gasteiger partial charge < -0.3 is 10.2 Å². The minimum Gasteiger partial charge on any atom is -0.315 e. The van der Waals surface area contributed by atoms with Crippen LogP contribution in [0.4, 0.5) is 4.39 Å². The molecule has 4 heteroatoms. The molecule has 0 aromatic heterocycles. The Bertz CT molecular complexity index is 386. The Labute approximate surface area is 113 Å². The van der Waals surface area contributed by atoms with Crippen molar-refractivity contribution >= 4 is 11.8 Å². The van der Waals surface area contributed by atoms with Gasteiger partial charge in [0.1, 0.15) is 5.82 Å². The van der Waals surface area contributed by atoms with E-state index in [4.69, 9.17) is 0 Å². The number of likely N-dealkylation sites (N-methyl/N-ethyl adjacent to an activating group) is 2. The van der Waals surface area contributed by atoms with Gasteiger partial charge in [0.2, 0.25) is 0 Å². The summed E-state index contributed by atoms with van der Waals surface area (Å²) >= 11 is 1.99. The molecule has 1 fully saturated rings. The fraction of sp³-hybridized carbons (Fsp3) is 0.571. The van der Waals surface area contributed by atoms with Crippen molar-refractivity contribution in [2.24, 2.45) is 0 Å². The third kappa shape index (κ3) is 3.25. The van der Waals surface area contributed by atoms with E-state index in [1.54, 1.807) is 12.1 Å². The molecule has 2 rings (SSSR count). The van der Waals surface area contributed by atoms with E-state index in [2.05, 4.69) is 17.3 Å². The monoisotopic (exact) mass is 268 g/mol. The van der Waals surface area contributed by atoms with E-state index >= 15 is 0 Å². The second kappa shape index (κ2) is 6.55. The summed E-state index contributed by atoms with van der Waals surface area (Å²) < 4.78 is 13.7. The van der Waals surface area contributed by atoms with Gasteiger partial charge in [0.15, 0.2) is 0 Å². The molecule has 2 nitrogen and oxygen atoms in total.